The molecule has 0 radical (unpaired) electrons. The molecule has 0 spiro atoms. The molecule has 8 nitrogen and oxygen atoms in total. The maximum Gasteiger partial charge on any atom is 0.254 e. The summed E-state index contributed by atoms with van der Waals surface area (Å²) in [5, 5.41) is 8.32. The van der Waals surface area contributed by atoms with Gasteiger partial charge in [-0.2, -0.15) is 10.2 Å². The van der Waals surface area contributed by atoms with Crippen LogP contribution in [0.3, 0.4) is 0 Å². The summed E-state index contributed by atoms with van der Waals surface area (Å²) in [5.41, 5.74) is 1.46. The molecule has 1 fully saturated rings. The standard InChI is InChI=1S/C17H18N6O2/c1-21-16(18-12-20-21)15-11-25-9-8-22(15)17(24)13-4-2-5-14(10-13)23-7-3-6-19-23/h2-7,10,12,15H,8-9,11H2,1H3. The molecule has 0 N–H and O–H groups in total. The first-order valence-electron chi connectivity index (χ1n) is 8.07. The lowest BCUT2D eigenvalue weighted by Gasteiger charge is -2.34. The van der Waals surface area contributed by atoms with Crippen LogP contribution in [0, 0.1) is 0 Å². The van der Waals surface area contributed by atoms with E-state index in [1.54, 1.807) is 20.5 Å². The number of morpholine rings is 1. The Bertz CT molecular complexity index is 873. The van der Waals surface area contributed by atoms with Gasteiger partial charge in [-0.05, 0) is 24.3 Å². The van der Waals surface area contributed by atoms with Gasteiger partial charge in [0, 0.05) is 31.5 Å². The Morgan fingerprint density at radius 2 is 2.20 bits per heavy atom. The Hall–Kier alpha value is -3.00. The number of rotatable bonds is 3. The fourth-order valence-electron chi connectivity index (χ4n) is 3.04. The molecule has 1 atom stereocenters. The molecule has 8 heteroatoms. The van der Waals surface area contributed by atoms with Crippen LogP contribution in [-0.4, -0.2) is 55.1 Å². The first-order valence-corrected chi connectivity index (χ1v) is 8.07. The summed E-state index contributed by atoms with van der Waals surface area (Å²) in [7, 11) is 1.82. The van der Waals surface area contributed by atoms with Crippen LogP contribution in [0.25, 0.3) is 5.69 Å². The van der Waals surface area contributed by atoms with Crippen molar-refractivity contribution < 1.29 is 9.53 Å². The fraction of sp³-hybridized carbons (Fsp3) is 0.294. The van der Waals surface area contributed by atoms with Crippen LogP contribution in [0.1, 0.15) is 22.2 Å². The average molecular weight is 338 g/mol. The van der Waals surface area contributed by atoms with Crippen LogP contribution >= 0.6 is 0 Å². The molecule has 3 heterocycles. The topological polar surface area (TPSA) is 78.1 Å². The van der Waals surface area contributed by atoms with Crippen LogP contribution in [0.2, 0.25) is 0 Å². The van der Waals surface area contributed by atoms with E-state index < -0.39 is 0 Å². The third-order valence-electron chi connectivity index (χ3n) is 4.30. The summed E-state index contributed by atoms with van der Waals surface area (Å²) < 4.78 is 8.98. The molecule has 3 aromatic rings. The Kier molecular flexibility index (Phi) is 4.02. The smallest absolute Gasteiger partial charge is 0.254 e. The number of hydrogen-bond donors (Lipinski definition) is 0. The number of aromatic nitrogens is 5. The minimum Gasteiger partial charge on any atom is -0.377 e. The van der Waals surface area contributed by atoms with Gasteiger partial charge >= 0.3 is 0 Å². The molecular weight excluding hydrogens is 320 g/mol. The second-order valence-electron chi connectivity index (χ2n) is 5.83. The zero-order chi connectivity index (χ0) is 17.2. The lowest BCUT2D eigenvalue weighted by atomic mass is 10.1. The van der Waals surface area contributed by atoms with E-state index in [2.05, 4.69) is 15.2 Å². The highest BCUT2D eigenvalue weighted by atomic mass is 16.5. The van der Waals surface area contributed by atoms with Gasteiger partial charge in [-0.15, -0.1) is 0 Å². The highest BCUT2D eigenvalue weighted by Crippen LogP contribution is 2.24. The first-order chi connectivity index (χ1) is 12.2. The van der Waals surface area contributed by atoms with Crippen molar-refractivity contribution in [3.63, 3.8) is 0 Å². The molecule has 0 bridgehead atoms. The molecule has 25 heavy (non-hydrogen) atoms. The highest BCUT2D eigenvalue weighted by molar-refractivity contribution is 5.95. The van der Waals surface area contributed by atoms with E-state index in [4.69, 9.17) is 4.74 Å². The van der Waals surface area contributed by atoms with Gasteiger partial charge in [-0.25, -0.2) is 9.67 Å². The second-order valence-corrected chi connectivity index (χ2v) is 5.83. The SMILES string of the molecule is Cn1ncnc1C1COCCN1C(=O)c1cccc(-n2cccn2)c1. The van der Waals surface area contributed by atoms with Gasteiger partial charge in [0.2, 0.25) is 0 Å². The molecule has 1 aliphatic rings. The van der Waals surface area contributed by atoms with Gasteiger partial charge in [-0.3, -0.25) is 9.48 Å². The minimum absolute atomic E-state index is 0.0506. The van der Waals surface area contributed by atoms with Gasteiger partial charge < -0.3 is 9.64 Å². The summed E-state index contributed by atoms with van der Waals surface area (Å²) in [5.74, 6) is 0.668. The van der Waals surface area contributed by atoms with Crippen LogP contribution in [0.15, 0.2) is 49.1 Å². The van der Waals surface area contributed by atoms with Crippen molar-refractivity contribution in [2.24, 2.45) is 7.05 Å². The van der Waals surface area contributed by atoms with E-state index >= 15 is 0 Å². The minimum atomic E-state index is -0.248. The molecular formula is C17H18N6O2. The number of nitrogens with zero attached hydrogens (tertiary/aromatic N) is 6. The molecule has 1 amide bonds. The Morgan fingerprint density at radius 1 is 1.28 bits per heavy atom. The predicted molar refractivity (Wildman–Crippen MR) is 89.2 cm³/mol. The van der Waals surface area contributed by atoms with Crippen molar-refractivity contribution in [1.29, 1.82) is 0 Å². The molecule has 128 valence electrons. The van der Waals surface area contributed by atoms with Crippen molar-refractivity contribution >= 4 is 5.91 Å². The third-order valence-corrected chi connectivity index (χ3v) is 4.30. The summed E-state index contributed by atoms with van der Waals surface area (Å²) in [6.07, 6.45) is 5.05. The second kappa shape index (κ2) is 6.48. The van der Waals surface area contributed by atoms with Crippen molar-refractivity contribution in [2.75, 3.05) is 19.8 Å². The van der Waals surface area contributed by atoms with Crippen molar-refractivity contribution in [1.82, 2.24) is 29.4 Å². The number of benzene rings is 1. The molecule has 4 rings (SSSR count). The summed E-state index contributed by atoms with van der Waals surface area (Å²) in [4.78, 5) is 19.2. The molecule has 0 saturated carbocycles. The maximum atomic E-state index is 13.1. The van der Waals surface area contributed by atoms with Gasteiger partial charge in [-0.1, -0.05) is 6.07 Å². The fourth-order valence-corrected chi connectivity index (χ4v) is 3.04. The summed E-state index contributed by atoms with van der Waals surface area (Å²) in [6.45, 7) is 1.44. The number of carbonyl (C=O) groups is 1. The van der Waals surface area contributed by atoms with Crippen LogP contribution in [0.5, 0.6) is 0 Å². The maximum absolute atomic E-state index is 13.1. The van der Waals surface area contributed by atoms with Gasteiger partial charge in [0.25, 0.3) is 5.91 Å². The lowest BCUT2D eigenvalue weighted by molar-refractivity contribution is -0.00618. The Balaban J connectivity index is 1.65. The van der Waals surface area contributed by atoms with E-state index in [-0.39, 0.29) is 11.9 Å². The number of hydrogen-bond acceptors (Lipinski definition) is 5. The van der Waals surface area contributed by atoms with Gasteiger partial charge in [0.15, 0.2) is 5.82 Å². The van der Waals surface area contributed by atoms with E-state index in [0.29, 0.717) is 25.3 Å². The van der Waals surface area contributed by atoms with Crippen LogP contribution < -0.4 is 0 Å². The van der Waals surface area contributed by atoms with E-state index in [9.17, 15) is 4.79 Å². The Morgan fingerprint density at radius 3 is 2.96 bits per heavy atom. The van der Waals surface area contributed by atoms with Crippen molar-refractivity contribution in [2.45, 2.75) is 6.04 Å². The number of carbonyl (C=O) groups excluding carboxylic acids is 1. The molecule has 2 aromatic heterocycles. The van der Waals surface area contributed by atoms with Crippen molar-refractivity contribution in [3.05, 3.63) is 60.4 Å². The van der Waals surface area contributed by atoms with Crippen molar-refractivity contribution in [3.8, 4) is 5.69 Å². The number of amides is 1. The third kappa shape index (κ3) is 2.91. The van der Waals surface area contributed by atoms with Gasteiger partial charge in [0.1, 0.15) is 12.4 Å². The normalized spacial score (nSPS) is 17.6. The summed E-state index contributed by atoms with van der Waals surface area (Å²) in [6, 6.07) is 9.05. The van der Waals surface area contributed by atoms with E-state index in [1.807, 2.05) is 43.6 Å². The molecule has 0 aliphatic carbocycles. The first kappa shape index (κ1) is 15.5. The Labute approximate surface area is 144 Å². The van der Waals surface area contributed by atoms with E-state index in [0.717, 1.165) is 11.5 Å². The highest BCUT2D eigenvalue weighted by Gasteiger charge is 2.32. The monoisotopic (exact) mass is 338 g/mol. The number of aryl methyl sites for hydroxylation is 1. The largest absolute Gasteiger partial charge is 0.377 e. The average Bonchev–Trinajstić information content (AvgIpc) is 3.33. The molecule has 1 saturated heterocycles. The molecule has 1 unspecified atom stereocenters. The lowest BCUT2D eigenvalue weighted by Crippen LogP contribution is -2.44. The molecule has 1 aromatic carbocycles. The van der Waals surface area contributed by atoms with Gasteiger partial charge in [0.05, 0.1) is 18.9 Å². The summed E-state index contributed by atoms with van der Waals surface area (Å²) >= 11 is 0. The van der Waals surface area contributed by atoms with Crippen LogP contribution in [0.4, 0.5) is 0 Å². The van der Waals surface area contributed by atoms with E-state index in [1.165, 1.54) is 6.33 Å². The predicted octanol–water partition coefficient (Wildman–Crippen LogP) is 1.21. The number of ether oxygens (including phenoxy) is 1. The molecule has 1 aliphatic heterocycles. The zero-order valence-electron chi connectivity index (χ0n) is 13.8. The quantitative estimate of drug-likeness (QED) is 0.717. The zero-order valence-corrected chi connectivity index (χ0v) is 13.8. The van der Waals surface area contributed by atoms with Crippen LogP contribution in [-0.2, 0) is 11.8 Å².